The van der Waals surface area contributed by atoms with Crippen molar-refractivity contribution >= 4 is 6.03 Å². The summed E-state index contributed by atoms with van der Waals surface area (Å²) in [6.45, 7) is 2.52. The fourth-order valence-electron chi connectivity index (χ4n) is 3.36. The molecule has 0 saturated carbocycles. The molecule has 2 aromatic carbocycles. The van der Waals surface area contributed by atoms with E-state index in [-0.39, 0.29) is 11.4 Å². The standard InChI is InChI=1S/C21H26N2O3/c1-25-19-9-7-18(8-10-19)21(11-13-26-14-12-21)16-23-20(24)22-15-17-5-3-2-4-6-17/h2-10H,11-16H2,1H3,(H2,22,23,24). The summed E-state index contributed by atoms with van der Waals surface area (Å²) < 4.78 is 10.8. The van der Waals surface area contributed by atoms with Gasteiger partial charge in [0.25, 0.3) is 0 Å². The molecule has 1 fully saturated rings. The lowest BCUT2D eigenvalue weighted by atomic mass is 9.74. The Morgan fingerprint density at radius 2 is 1.73 bits per heavy atom. The van der Waals surface area contributed by atoms with E-state index < -0.39 is 0 Å². The Morgan fingerprint density at radius 3 is 2.38 bits per heavy atom. The highest BCUT2D eigenvalue weighted by Crippen LogP contribution is 2.35. The summed E-state index contributed by atoms with van der Waals surface area (Å²) in [6.07, 6.45) is 1.77. The van der Waals surface area contributed by atoms with Crippen LogP contribution in [0, 0.1) is 0 Å². The van der Waals surface area contributed by atoms with Gasteiger partial charge in [-0.05, 0) is 36.1 Å². The maximum absolute atomic E-state index is 12.3. The van der Waals surface area contributed by atoms with Crippen LogP contribution in [0.25, 0.3) is 0 Å². The van der Waals surface area contributed by atoms with E-state index in [0.29, 0.717) is 26.3 Å². The third-order valence-corrected chi connectivity index (χ3v) is 5.04. The summed E-state index contributed by atoms with van der Waals surface area (Å²) in [5, 5.41) is 5.98. The molecule has 0 bridgehead atoms. The molecule has 5 nitrogen and oxygen atoms in total. The lowest BCUT2D eigenvalue weighted by Crippen LogP contribution is -2.47. The molecule has 138 valence electrons. The van der Waals surface area contributed by atoms with Gasteiger partial charge in [-0.3, -0.25) is 0 Å². The van der Waals surface area contributed by atoms with E-state index in [1.165, 1.54) is 5.56 Å². The van der Waals surface area contributed by atoms with Gasteiger partial charge < -0.3 is 20.1 Å². The molecule has 1 heterocycles. The number of carbonyl (C=O) groups excluding carboxylic acids is 1. The predicted molar refractivity (Wildman–Crippen MR) is 101 cm³/mol. The van der Waals surface area contributed by atoms with Gasteiger partial charge in [-0.2, -0.15) is 0 Å². The normalized spacial score (nSPS) is 15.9. The van der Waals surface area contributed by atoms with E-state index in [0.717, 1.165) is 24.2 Å². The number of hydrogen-bond donors (Lipinski definition) is 2. The maximum atomic E-state index is 12.3. The molecule has 5 heteroatoms. The minimum atomic E-state index is -0.145. The van der Waals surface area contributed by atoms with E-state index in [2.05, 4.69) is 22.8 Å². The van der Waals surface area contributed by atoms with Crippen LogP contribution in [-0.4, -0.2) is 32.9 Å². The number of rotatable bonds is 6. The van der Waals surface area contributed by atoms with Gasteiger partial charge in [-0.15, -0.1) is 0 Å². The molecular formula is C21H26N2O3. The fraction of sp³-hybridized carbons (Fsp3) is 0.381. The minimum Gasteiger partial charge on any atom is -0.497 e. The second kappa shape index (κ2) is 8.72. The number of carbonyl (C=O) groups is 1. The molecule has 26 heavy (non-hydrogen) atoms. The molecule has 0 atom stereocenters. The van der Waals surface area contributed by atoms with Crippen molar-refractivity contribution < 1.29 is 14.3 Å². The summed E-state index contributed by atoms with van der Waals surface area (Å²) in [4.78, 5) is 12.3. The zero-order chi connectivity index (χ0) is 18.2. The highest BCUT2D eigenvalue weighted by Gasteiger charge is 2.34. The molecule has 0 radical (unpaired) electrons. The summed E-state index contributed by atoms with van der Waals surface area (Å²) in [5.74, 6) is 0.838. The summed E-state index contributed by atoms with van der Waals surface area (Å²) >= 11 is 0. The molecular weight excluding hydrogens is 328 g/mol. The number of ether oxygens (including phenoxy) is 2. The van der Waals surface area contributed by atoms with Crippen LogP contribution in [0.4, 0.5) is 4.79 Å². The first kappa shape index (κ1) is 18.3. The van der Waals surface area contributed by atoms with Crippen LogP contribution in [0.3, 0.4) is 0 Å². The van der Waals surface area contributed by atoms with Gasteiger partial charge >= 0.3 is 6.03 Å². The summed E-state index contributed by atoms with van der Waals surface area (Å²) in [7, 11) is 1.66. The first-order valence-corrected chi connectivity index (χ1v) is 9.00. The van der Waals surface area contributed by atoms with E-state index in [1.807, 2.05) is 42.5 Å². The first-order chi connectivity index (χ1) is 12.7. The Labute approximate surface area is 154 Å². The summed E-state index contributed by atoms with van der Waals surface area (Å²) in [6, 6.07) is 17.9. The number of amides is 2. The van der Waals surface area contributed by atoms with E-state index in [9.17, 15) is 4.79 Å². The Bertz CT molecular complexity index is 695. The van der Waals surface area contributed by atoms with Gasteiger partial charge in [-0.1, -0.05) is 42.5 Å². The predicted octanol–water partition coefficient (Wildman–Crippen LogP) is 3.24. The maximum Gasteiger partial charge on any atom is 0.315 e. The molecule has 1 aliphatic rings. The molecule has 1 saturated heterocycles. The van der Waals surface area contributed by atoms with Crippen LogP contribution < -0.4 is 15.4 Å². The second-order valence-corrected chi connectivity index (χ2v) is 6.64. The van der Waals surface area contributed by atoms with Gasteiger partial charge in [0.2, 0.25) is 0 Å². The number of methoxy groups -OCH3 is 1. The van der Waals surface area contributed by atoms with Crippen molar-refractivity contribution in [1.29, 1.82) is 0 Å². The summed E-state index contributed by atoms with van der Waals surface area (Å²) in [5.41, 5.74) is 2.19. The molecule has 0 unspecified atom stereocenters. The third-order valence-electron chi connectivity index (χ3n) is 5.04. The van der Waals surface area contributed by atoms with Crippen molar-refractivity contribution in [1.82, 2.24) is 10.6 Å². The van der Waals surface area contributed by atoms with Gasteiger partial charge in [0.05, 0.1) is 7.11 Å². The van der Waals surface area contributed by atoms with Crippen molar-refractivity contribution in [2.75, 3.05) is 26.9 Å². The molecule has 0 aromatic heterocycles. The second-order valence-electron chi connectivity index (χ2n) is 6.64. The lowest BCUT2D eigenvalue weighted by molar-refractivity contribution is 0.0507. The molecule has 0 spiro atoms. The zero-order valence-corrected chi connectivity index (χ0v) is 15.2. The topological polar surface area (TPSA) is 59.6 Å². The largest absolute Gasteiger partial charge is 0.497 e. The Balaban J connectivity index is 1.61. The third kappa shape index (κ3) is 4.55. The SMILES string of the molecule is COc1ccc(C2(CNC(=O)NCc3ccccc3)CCOCC2)cc1. The average Bonchev–Trinajstić information content (AvgIpc) is 2.72. The van der Waals surface area contributed by atoms with Crippen LogP contribution in [0.5, 0.6) is 5.75 Å². The van der Waals surface area contributed by atoms with Crippen molar-refractivity contribution in [3.05, 3.63) is 65.7 Å². The molecule has 2 aromatic rings. The van der Waals surface area contributed by atoms with E-state index >= 15 is 0 Å². The van der Waals surface area contributed by atoms with Crippen molar-refractivity contribution in [3.63, 3.8) is 0 Å². The van der Waals surface area contributed by atoms with Crippen molar-refractivity contribution in [2.24, 2.45) is 0 Å². The monoisotopic (exact) mass is 354 g/mol. The number of hydrogen-bond acceptors (Lipinski definition) is 3. The van der Waals surface area contributed by atoms with Crippen LogP contribution in [0.2, 0.25) is 0 Å². The lowest BCUT2D eigenvalue weighted by Gasteiger charge is -2.38. The molecule has 2 amide bonds. The van der Waals surface area contributed by atoms with Crippen LogP contribution >= 0.6 is 0 Å². The highest BCUT2D eigenvalue weighted by atomic mass is 16.5. The van der Waals surface area contributed by atoms with Gasteiger partial charge in [0, 0.05) is 31.7 Å². The molecule has 2 N–H and O–H groups in total. The first-order valence-electron chi connectivity index (χ1n) is 9.00. The fourth-order valence-corrected chi connectivity index (χ4v) is 3.36. The van der Waals surface area contributed by atoms with Gasteiger partial charge in [-0.25, -0.2) is 4.79 Å². The minimum absolute atomic E-state index is 0.103. The number of urea groups is 1. The highest BCUT2D eigenvalue weighted by molar-refractivity contribution is 5.74. The quantitative estimate of drug-likeness (QED) is 0.837. The Morgan fingerprint density at radius 1 is 1.04 bits per heavy atom. The van der Waals surface area contributed by atoms with E-state index in [4.69, 9.17) is 9.47 Å². The van der Waals surface area contributed by atoms with Crippen molar-refractivity contribution in [2.45, 2.75) is 24.8 Å². The molecule has 3 rings (SSSR count). The number of benzene rings is 2. The number of nitrogens with one attached hydrogen (secondary N) is 2. The van der Waals surface area contributed by atoms with Crippen LogP contribution in [0.15, 0.2) is 54.6 Å². The smallest absolute Gasteiger partial charge is 0.315 e. The van der Waals surface area contributed by atoms with Crippen LogP contribution in [-0.2, 0) is 16.7 Å². The Hall–Kier alpha value is -2.53. The van der Waals surface area contributed by atoms with Gasteiger partial charge in [0.1, 0.15) is 5.75 Å². The molecule has 0 aliphatic carbocycles. The molecule has 1 aliphatic heterocycles. The van der Waals surface area contributed by atoms with Gasteiger partial charge in [0.15, 0.2) is 0 Å². The van der Waals surface area contributed by atoms with E-state index in [1.54, 1.807) is 7.11 Å². The Kier molecular flexibility index (Phi) is 6.12. The zero-order valence-electron chi connectivity index (χ0n) is 15.2. The average molecular weight is 354 g/mol. The van der Waals surface area contributed by atoms with Crippen molar-refractivity contribution in [3.8, 4) is 5.75 Å². The van der Waals surface area contributed by atoms with Crippen LogP contribution in [0.1, 0.15) is 24.0 Å².